The number of aliphatic carboxylic acids is 2. The Hall–Kier alpha value is -4.39. The Morgan fingerprint density at radius 2 is 1.28 bits per heavy atom. The van der Waals surface area contributed by atoms with Crippen molar-refractivity contribution in [2.24, 2.45) is 0 Å². The lowest BCUT2D eigenvalue weighted by molar-refractivity contribution is -0.136. The predicted octanol–water partition coefficient (Wildman–Crippen LogP) is 4.51. The Balaban J connectivity index is 1.61. The molecule has 7 heteroatoms. The fourth-order valence-corrected chi connectivity index (χ4v) is 4.16. The molecule has 0 fully saturated rings. The number of anilines is 1. The Labute approximate surface area is 182 Å². The second kappa shape index (κ2) is 7.70. The van der Waals surface area contributed by atoms with E-state index in [9.17, 15) is 9.59 Å². The van der Waals surface area contributed by atoms with Gasteiger partial charge in [0.2, 0.25) is 0 Å². The maximum atomic E-state index is 11.1. The summed E-state index contributed by atoms with van der Waals surface area (Å²) in [5.74, 6) is -1.49. The molecule has 0 amide bonds. The van der Waals surface area contributed by atoms with E-state index in [1.165, 1.54) is 4.90 Å². The molecule has 0 aliphatic heterocycles. The minimum absolute atomic E-state index is 0.395. The third-order valence-electron chi connectivity index (χ3n) is 5.53. The number of carbonyl (C=O) groups is 2. The number of fused-ring (bicyclic) bond motifs is 6. The van der Waals surface area contributed by atoms with Crippen molar-refractivity contribution in [2.75, 3.05) is 18.0 Å². The highest BCUT2D eigenvalue weighted by Gasteiger charge is 2.16. The second-order valence-corrected chi connectivity index (χ2v) is 7.59. The van der Waals surface area contributed by atoms with E-state index in [0.717, 1.165) is 38.1 Å². The predicted molar refractivity (Wildman–Crippen MR) is 124 cm³/mol. The van der Waals surface area contributed by atoms with Crippen LogP contribution in [-0.4, -0.2) is 45.2 Å². The first-order valence-electron chi connectivity index (χ1n) is 10.1. The SMILES string of the molecule is O=C(O)CN(CC(=O)O)c1ccc(-c2nc3c4ccccc4c4ccccc4c3[nH]2)cc1. The lowest BCUT2D eigenvalue weighted by Crippen LogP contribution is -2.34. The summed E-state index contributed by atoms with van der Waals surface area (Å²) < 4.78 is 0. The van der Waals surface area contributed by atoms with Gasteiger partial charge in [0.05, 0.1) is 11.0 Å². The lowest BCUT2D eigenvalue weighted by Gasteiger charge is -2.20. The molecular weight excluding hydrogens is 406 g/mol. The molecular formula is C25H19N3O4. The largest absolute Gasteiger partial charge is 0.480 e. The number of carboxylic acids is 2. The van der Waals surface area contributed by atoms with Crippen LogP contribution in [0.15, 0.2) is 72.8 Å². The monoisotopic (exact) mass is 425 g/mol. The third kappa shape index (κ3) is 3.39. The van der Waals surface area contributed by atoms with Crippen LogP contribution in [0.25, 0.3) is 44.0 Å². The van der Waals surface area contributed by atoms with Gasteiger partial charge in [-0.25, -0.2) is 4.98 Å². The summed E-state index contributed by atoms with van der Waals surface area (Å²) in [6.07, 6.45) is 0. The van der Waals surface area contributed by atoms with Crippen molar-refractivity contribution in [2.45, 2.75) is 0 Å². The molecule has 0 unspecified atom stereocenters. The molecule has 1 aromatic heterocycles. The highest BCUT2D eigenvalue weighted by molar-refractivity contribution is 6.23. The fraction of sp³-hybridized carbons (Fsp3) is 0.0800. The van der Waals surface area contributed by atoms with Crippen LogP contribution < -0.4 is 4.90 Å². The van der Waals surface area contributed by atoms with Crippen LogP contribution in [0.2, 0.25) is 0 Å². The zero-order valence-electron chi connectivity index (χ0n) is 16.9. The summed E-state index contributed by atoms with van der Waals surface area (Å²) in [5.41, 5.74) is 3.18. The van der Waals surface area contributed by atoms with Crippen molar-refractivity contribution in [3.05, 3.63) is 72.8 Å². The van der Waals surface area contributed by atoms with Crippen LogP contribution in [0.3, 0.4) is 0 Å². The van der Waals surface area contributed by atoms with Crippen LogP contribution >= 0.6 is 0 Å². The van der Waals surface area contributed by atoms with Gasteiger partial charge in [0, 0.05) is 22.0 Å². The molecule has 0 saturated heterocycles. The van der Waals surface area contributed by atoms with Crippen molar-refractivity contribution in [1.82, 2.24) is 9.97 Å². The second-order valence-electron chi connectivity index (χ2n) is 7.59. The van der Waals surface area contributed by atoms with E-state index in [2.05, 4.69) is 29.2 Å². The molecule has 7 nitrogen and oxygen atoms in total. The summed E-state index contributed by atoms with van der Waals surface area (Å²) >= 11 is 0. The molecule has 0 bridgehead atoms. The lowest BCUT2D eigenvalue weighted by atomic mass is 10.0. The van der Waals surface area contributed by atoms with Crippen molar-refractivity contribution in [3.8, 4) is 11.4 Å². The Morgan fingerprint density at radius 1 is 0.750 bits per heavy atom. The van der Waals surface area contributed by atoms with E-state index in [4.69, 9.17) is 15.2 Å². The number of H-pyrrole nitrogens is 1. The molecule has 0 atom stereocenters. The summed E-state index contributed by atoms with van der Waals surface area (Å²) in [5, 5.41) is 22.6. The van der Waals surface area contributed by atoms with Gasteiger partial charge < -0.3 is 20.1 Å². The smallest absolute Gasteiger partial charge is 0.323 e. The van der Waals surface area contributed by atoms with Crippen molar-refractivity contribution in [1.29, 1.82) is 0 Å². The van der Waals surface area contributed by atoms with Gasteiger partial charge in [0.1, 0.15) is 18.9 Å². The molecule has 0 spiro atoms. The number of nitrogens with zero attached hydrogens (tertiary/aromatic N) is 2. The average molecular weight is 425 g/mol. The Bertz CT molecular complexity index is 1400. The molecule has 5 rings (SSSR count). The number of hydrogen-bond donors (Lipinski definition) is 3. The van der Waals surface area contributed by atoms with Crippen LogP contribution in [0.5, 0.6) is 0 Å². The Morgan fingerprint density at radius 3 is 1.88 bits per heavy atom. The normalized spacial score (nSPS) is 11.2. The molecule has 5 aromatic rings. The van der Waals surface area contributed by atoms with Gasteiger partial charge in [-0.3, -0.25) is 9.59 Å². The number of aromatic nitrogens is 2. The molecule has 1 heterocycles. The van der Waals surface area contributed by atoms with E-state index < -0.39 is 25.0 Å². The number of aromatic amines is 1. The van der Waals surface area contributed by atoms with Crippen molar-refractivity contribution < 1.29 is 19.8 Å². The maximum Gasteiger partial charge on any atom is 0.323 e. The van der Waals surface area contributed by atoms with Gasteiger partial charge in [0.15, 0.2) is 0 Å². The van der Waals surface area contributed by atoms with Crippen LogP contribution in [-0.2, 0) is 9.59 Å². The maximum absolute atomic E-state index is 11.1. The molecule has 4 aromatic carbocycles. The highest BCUT2D eigenvalue weighted by atomic mass is 16.4. The zero-order valence-corrected chi connectivity index (χ0v) is 16.9. The number of benzene rings is 4. The van der Waals surface area contributed by atoms with Crippen LogP contribution in [0, 0.1) is 0 Å². The number of imidazole rings is 1. The first kappa shape index (κ1) is 19.6. The van der Waals surface area contributed by atoms with E-state index >= 15 is 0 Å². The molecule has 3 N–H and O–H groups in total. The first-order chi connectivity index (χ1) is 15.5. The molecule has 0 aliphatic rings. The topological polar surface area (TPSA) is 107 Å². The van der Waals surface area contributed by atoms with Gasteiger partial charge in [-0.15, -0.1) is 0 Å². The Kier molecular flexibility index (Phi) is 4.71. The molecule has 0 radical (unpaired) electrons. The first-order valence-corrected chi connectivity index (χ1v) is 10.1. The minimum Gasteiger partial charge on any atom is -0.480 e. The summed E-state index contributed by atoms with van der Waals surface area (Å²) in [4.78, 5) is 31.9. The van der Waals surface area contributed by atoms with Crippen LogP contribution in [0.1, 0.15) is 0 Å². The van der Waals surface area contributed by atoms with Gasteiger partial charge in [-0.1, -0.05) is 48.5 Å². The van der Waals surface area contributed by atoms with E-state index in [0.29, 0.717) is 11.5 Å². The highest BCUT2D eigenvalue weighted by Crippen LogP contribution is 2.35. The number of nitrogens with one attached hydrogen (secondary N) is 1. The third-order valence-corrected chi connectivity index (χ3v) is 5.53. The van der Waals surface area contributed by atoms with Gasteiger partial charge in [-0.2, -0.15) is 0 Å². The van der Waals surface area contributed by atoms with Crippen LogP contribution in [0.4, 0.5) is 5.69 Å². The summed E-state index contributed by atoms with van der Waals surface area (Å²) in [6, 6.07) is 23.4. The molecule has 0 saturated carbocycles. The van der Waals surface area contributed by atoms with Gasteiger partial charge >= 0.3 is 11.9 Å². The number of carboxylic acid groups (broad SMARTS) is 2. The minimum atomic E-state index is -1.09. The zero-order chi connectivity index (χ0) is 22.2. The molecule has 158 valence electrons. The number of rotatable bonds is 6. The molecule has 32 heavy (non-hydrogen) atoms. The quantitative estimate of drug-likeness (QED) is 0.346. The van der Waals surface area contributed by atoms with Gasteiger partial charge in [0.25, 0.3) is 0 Å². The standard InChI is InChI=1S/C25H19N3O4/c29-21(30)13-28(14-22(31)32)16-11-9-15(10-12-16)25-26-23-19-7-3-1-5-17(19)18-6-2-4-8-20(18)24(23)27-25/h1-12H,13-14H2,(H,26,27)(H,29,30)(H,31,32). The fourth-order valence-electron chi connectivity index (χ4n) is 4.16. The summed E-state index contributed by atoms with van der Waals surface area (Å²) in [6.45, 7) is -0.789. The van der Waals surface area contributed by atoms with E-state index in [1.807, 2.05) is 36.4 Å². The van der Waals surface area contributed by atoms with Crippen molar-refractivity contribution >= 4 is 50.2 Å². The summed E-state index contributed by atoms with van der Waals surface area (Å²) in [7, 11) is 0. The number of hydrogen-bond acceptors (Lipinski definition) is 4. The van der Waals surface area contributed by atoms with E-state index in [1.54, 1.807) is 12.1 Å². The average Bonchev–Trinajstić information content (AvgIpc) is 3.24. The van der Waals surface area contributed by atoms with E-state index in [-0.39, 0.29) is 0 Å². The van der Waals surface area contributed by atoms with Crippen molar-refractivity contribution in [3.63, 3.8) is 0 Å². The van der Waals surface area contributed by atoms with Gasteiger partial charge in [-0.05, 0) is 35.0 Å². The molecule has 0 aliphatic carbocycles.